The molecular weight excluding hydrogens is 304 g/mol. The van der Waals surface area contributed by atoms with Crippen molar-refractivity contribution in [3.05, 3.63) is 12.2 Å². The first-order chi connectivity index (χ1) is 11.2. The number of methoxy groups -OCH3 is 2. The highest BCUT2D eigenvalue weighted by Gasteiger charge is 2.44. The van der Waals surface area contributed by atoms with Crippen LogP contribution in [0.3, 0.4) is 0 Å². The van der Waals surface area contributed by atoms with E-state index in [0.29, 0.717) is 19.3 Å². The van der Waals surface area contributed by atoms with Crippen LogP contribution in [-0.2, 0) is 33.3 Å². The third-order valence-electron chi connectivity index (χ3n) is 3.98. The lowest BCUT2D eigenvalue weighted by Gasteiger charge is -2.40. The average Bonchev–Trinajstić information content (AvgIpc) is 2.56. The van der Waals surface area contributed by atoms with Crippen LogP contribution in [-0.4, -0.2) is 63.8 Å². The van der Waals surface area contributed by atoms with Crippen LogP contribution in [0.15, 0.2) is 12.2 Å². The molecule has 4 atom stereocenters. The average molecular weight is 328 g/mol. The SMILES string of the molecule is CO[C@H]1[C@@H]2OC(=O)CC/C=C/CCC(=O)OC[C@H]2OC[C@@H]1OC. The Kier molecular flexibility index (Phi) is 7.01. The standard InChI is InChI=1S/C16H24O7/c1-19-11-9-21-12-10-22-13(17)7-5-3-4-6-8-14(18)23-16(12)15(11)20-2/h3-4,11-12,15-16H,5-10H2,1-2H3/b4-3+/t11-,12+,15+,16+/m0/s1. The fraction of sp³-hybridized carbons (Fsp3) is 0.750. The number of esters is 2. The van der Waals surface area contributed by atoms with Crippen LogP contribution in [0.2, 0.25) is 0 Å². The molecule has 130 valence electrons. The molecule has 23 heavy (non-hydrogen) atoms. The molecule has 7 heteroatoms. The Morgan fingerprint density at radius 1 is 1.00 bits per heavy atom. The van der Waals surface area contributed by atoms with Gasteiger partial charge in [-0.3, -0.25) is 9.59 Å². The summed E-state index contributed by atoms with van der Waals surface area (Å²) in [6.45, 7) is 0.309. The van der Waals surface area contributed by atoms with Gasteiger partial charge in [0.25, 0.3) is 0 Å². The fourth-order valence-electron chi connectivity index (χ4n) is 2.70. The topological polar surface area (TPSA) is 80.3 Å². The van der Waals surface area contributed by atoms with Gasteiger partial charge in [-0.05, 0) is 12.8 Å². The van der Waals surface area contributed by atoms with Gasteiger partial charge in [0, 0.05) is 27.1 Å². The van der Waals surface area contributed by atoms with Gasteiger partial charge in [-0.15, -0.1) is 0 Å². The number of allylic oxidation sites excluding steroid dienone is 2. The molecule has 0 spiro atoms. The second kappa shape index (κ2) is 9.00. The Morgan fingerprint density at radius 2 is 1.70 bits per heavy atom. The summed E-state index contributed by atoms with van der Waals surface area (Å²) >= 11 is 0. The predicted octanol–water partition coefficient (Wildman–Crippen LogP) is 1.00. The van der Waals surface area contributed by atoms with Gasteiger partial charge in [0.1, 0.15) is 24.9 Å². The molecule has 0 aromatic carbocycles. The zero-order valence-corrected chi connectivity index (χ0v) is 13.6. The number of hydrogen-bond donors (Lipinski definition) is 0. The first-order valence-electron chi connectivity index (χ1n) is 7.83. The molecule has 0 N–H and O–H groups in total. The Balaban J connectivity index is 2.13. The van der Waals surface area contributed by atoms with Crippen LogP contribution in [0.1, 0.15) is 25.7 Å². The Hall–Kier alpha value is -1.44. The molecule has 2 rings (SSSR count). The van der Waals surface area contributed by atoms with E-state index in [1.165, 1.54) is 7.11 Å². The molecule has 2 aliphatic heterocycles. The van der Waals surface area contributed by atoms with E-state index in [-0.39, 0.29) is 37.7 Å². The van der Waals surface area contributed by atoms with Crippen molar-refractivity contribution < 1.29 is 33.3 Å². The molecule has 0 aromatic heterocycles. The first kappa shape index (κ1) is 17.9. The smallest absolute Gasteiger partial charge is 0.306 e. The van der Waals surface area contributed by atoms with Crippen LogP contribution < -0.4 is 0 Å². The van der Waals surface area contributed by atoms with Gasteiger partial charge in [0.15, 0.2) is 6.10 Å². The minimum atomic E-state index is -0.677. The van der Waals surface area contributed by atoms with Gasteiger partial charge in [0.2, 0.25) is 0 Å². The molecular formula is C16H24O7. The van der Waals surface area contributed by atoms with Crippen LogP contribution in [0.25, 0.3) is 0 Å². The maximum Gasteiger partial charge on any atom is 0.306 e. The summed E-state index contributed by atoms with van der Waals surface area (Å²) in [5, 5.41) is 0. The monoisotopic (exact) mass is 328 g/mol. The molecule has 0 bridgehead atoms. The van der Waals surface area contributed by atoms with E-state index < -0.39 is 18.3 Å². The molecule has 2 aliphatic rings. The quantitative estimate of drug-likeness (QED) is 0.552. The van der Waals surface area contributed by atoms with Crippen molar-refractivity contribution >= 4 is 11.9 Å². The van der Waals surface area contributed by atoms with Gasteiger partial charge in [-0.1, -0.05) is 12.2 Å². The summed E-state index contributed by atoms with van der Waals surface area (Å²) in [6.07, 6.45) is 3.41. The zero-order chi connectivity index (χ0) is 16.7. The van der Waals surface area contributed by atoms with Gasteiger partial charge >= 0.3 is 11.9 Å². The third-order valence-corrected chi connectivity index (χ3v) is 3.98. The summed E-state index contributed by atoms with van der Waals surface area (Å²) in [6, 6.07) is 0. The molecule has 1 fully saturated rings. The van der Waals surface area contributed by atoms with Crippen LogP contribution in [0, 0.1) is 0 Å². The number of carbonyl (C=O) groups excluding carboxylic acids is 2. The second-order valence-corrected chi connectivity index (χ2v) is 5.53. The van der Waals surface area contributed by atoms with E-state index in [9.17, 15) is 9.59 Å². The highest BCUT2D eigenvalue weighted by Crippen LogP contribution is 2.24. The van der Waals surface area contributed by atoms with Crippen LogP contribution in [0.5, 0.6) is 0 Å². The fourth-order valence-corrected chi connectivity index (χ4v) is 2.70. The molecule has 0 amide bonds. The van der Waals surface area contributed by atoms with E-state index in [1.54, 1.807) is 7.11 Å². The van der Waals surface area contributed by atoms with Crippen molar-refractivity contribution in [1.29, 1.82) is 0 Å². The minimum Gasteiger partial charge on any atom is -0.463 e. The second-order valence-electron chi connectivity index (χ2n) is 5.53. The molecule has 0 unspecified atom stereocenters. The summed E-state index contributed by atoms with van der Waals surface area (Å²) in [5.74, 6) is -0.636. The van der Waals surface area contributed by atoms with Crippen molar-refractivity contribution in [3.8, 4) is 0 Å². The Bertz CT molecular complexity index is 434. The van der Waals surface area contributed by atoms with Gasteiger partial charge in [-0.25, -0.2) is 0 Å². The van der Waals surface area contributed by atoms with E-state index >= 15 is 0 Å². The van der Waals surface area contributed by atoms with Crippen molar-refractivity contribution in [1.82, 2.24) is 0 Å². The lowest BCUT2D eigenvalue weighted by molar-refractivity contribution is -0.226. The summed E-state index contributed by atoms with van der Waals surface area (Å²) in [4.78, 5) is 23.8. The molecule has 2 heterocycles. The number of fused-ring (bicyclic) bond motifs is 1. The van der Waals surface area contributed by atoms with Crippen molar-refractivity contribution in [3.63, 3.8) is 0 Å². The maximum absolute atomic E-state index is 12.0. The Morgan fingerprint density at radius 3 is 2.35 bits per heavy atom. The number of hydrogen-bond acceptors (Lipinski definition) is 7. The highest BCUT2D eigenvalue weighted by atomic mass is 16.6. The van der Waals surface area contributed by atoms with Gasteiger partial charge in [0.05, 0.1) is 6.61 Å². The molecule has 7 nitrogen and oxygen atoms in total. The Labute approximate surface area is 135 Å². The molecule has 0 aliphatic carbocycles. The summed E-state index contributed by atoms with van der Waals surface area (Å²) < 4.78 is 27.2. The molecule has 0 aromatic rings. The summed E-state index contributed by atoms with van der Waals surface area (Å²) in [5.41, 5.74) is 0. The predicted molar refractivity (Wildman–Crippen MR) is 79.8 cm³/mol. The van der Waals surface area contributed by atoms with Crippen LogP contribution >= 0.6 is 0 Å². The highest BCUT2D eigenvalue weighted by molar-refractivity contribution is 5.70. The first-order valence-corrected chi connectivity index (χ1v) is 7.83. The lowest BCUT2D eigenvalue weighted by atomic mass is 9.99. The molecule has 0 saturated carbocycles. The van der Waals surface area contributed by atoms with E-state index in [4.69, 9.17) is 23.7 Å². The van der Waals surface area contributed by atoms with Crippen LogP contribution in [0.4, 0.5) is 0 Å². The molecule has 0 radical (unpaired) electrons. The third kappa shape index (κ3) is 5.02. The van der Waals surface area contributed by atoms with E-state index in [0.717, 1.165) is 0 Å². The van der Waals surface area contributed by atoms with Crippen molar-refractivity contribution in [2.24, 2.45) is 0 Å². The van der Waals surface area contributed by atoms with Gasteiger partial charge in [-0.2, -0.15) is 0 Å². The number of rotatable bonds is 2. The number of carbonyl (C=O) groups is 2. The zero-order valence-electron chi connectivity index (χ0n) is 13.6. The largest absolute Gasteiger partial charge is 0.463 e. The normalized spacial score (nSPS) is 34.9. The lowest BCUT2D eigenvalue weighted by Crippen LogP contribution is -2.57. The van der Waals surface area contributed by atoms with E-state index in [1.807, 2.05) is 12.2 Å². The maximum atomic E-state index is 12.0. The number of ether oxygens (including phenoxy) is 5. The molecule has 1 saturated heterocycles. The van der Waals surface area contributed by atoms with Gasteiger partial charge < -0.3 is 23.7 Å². The summed E-state index contributed by atoms with van der Waals surface area (Å²) in [7, 11) is 3.08. The van der Waals surface area contributed by atoms with E-state index in [2.05, 4.69) is 0 Å². The minimum absolute atomic E-state index is 0.0246. The van der Waals surface area contributed by atoms with Crippen molar-refractivity contribution in [2.75, 3.05) is 27.4 Å². The number of cyclic esters (lactones) is 1. The van der Waals surface area contributed by atoms with Crippen molar-refractivity contribution in [2.45, 2.75) is 50.1 Å².